The Balaban J connectivity index is 3.40. The second kappa shape index (κ2) is 5.65. The van der Waals surface area contributed by atoms with Crippen LogP contribution in [0.4, 0.5) is 0 Å². The molecule has 0 saturated carbocycles. The van der Waals surface area contributed by atoms with Crippen molar-refractivity contribution in [3.63, 3.8) is 0 Å². The lowest BCUT2D eigenvalue weighted by atomic mass is 10.2. The van der Waals surface area contributed by atoms with Gasteiger partial charge in [0.1, 0.15) is 6.10 Å². The average Bonchev–Trinajstić information content (AvgIpc) is 1.89. The first-order valence-electron chi connectivity index (χ1n) is 3.62. The zero-order valence-corrected chi connectivity index (χ0v) is 6.58. The third-order valence-corrected chi connectivity index (χ3v) is 1.25. The highest BCUT2D eigenvalue weighted by molar-refractivity contribution is 4.61. The number of hydrogen-bond donors (Lipinski definition) is 2. The summed E-state index contributed by atoms with van der Waals surface area (Å²) in [6.07, 6.45) is -0.0973. The predicted octanol–water partition coefficient (Wildman–Crippen LogP) is 0.155. The normalized spacial score (nSPS) is 16.8. The summed E-state index contributed by atoms with van der Waals surface area (Å²) in [4.78, 5) is 0. The smallest absolute Gasteiger partial charge is 0.106 e. The summed E-state index contributed by atoms with van der Waals surface area (Å²) in [5, 5.41) is 17.6. The number of aliphatic hydroxyl groups excluding tert-OH is 2. The Morgan fingerprint density at radius 1 is 1.50 bits per heavy atom. The highest BCUT2D eigenvalue weighted by atomic mass is 16.5. The Morgan fingerprint density at radius 2 is 2.10 bits per heavy atom. The van der Waals surface area contributed by atoms with Gasteiger partial charge in [0, 0.05) is 6.61 Å². The van der Waals surface area contributed by atoms with E-state index >= 15 is 0 Å². The van der Waals surface area contributed by atoms with E-state index in [1.165, 1.54) is 0 Å². The molecule has 3 heteroatoms. The van der Waals surface area contributed by atoms with Crippen molar-refractivity contribution in [1.82, 2.24) is 0 Å². The van der Waals surface area contributed by atoms with Crippen LogP contribution in [-0.2, 0) is 4.74 Å². The lowest BCUT2D eigenvalue weighted by Crippen LogP contribution is -2.30. The molecule has 0 radical (unpaired) electrons. The summed E-state index contributed by atoms with van der Waals surface area (Å²) in [5.74, 6) is 0. The minimum atomic E-state index is -0.587. The zero-order valence-electron chi connectivity index (χ0n) is 6.58. The molecule has 2 N–H and O–H groups in total. The molecule has 2 atom stereocenters. The van der Waals surface area contributed by atoms with E-state index < -0.39 is 12.2 Å². The highest BCUT2D eigenvalue weighted by Gasteiger charge is 2.12. The first kappa shape index (κ1) is 9.88. The van der Waals surface area contributed by atoms with Crippen LogP contribution in [0.15, 0.2) is 0 Å². The molecule has 62 valence electrons. The molecular weight excluding hydrogens is 132 g/mol. The molecule has 0 fully saturated rings. The van der Waals surface area contributed by atoms with Gasteiger partial charge in [-0.25, -0.2) is 0 Å². The van der Waals surface area contributed by atoms with Crippen molar-refractivity contribution < 1.29 is 14.9 Å². The SMILES string of the molecule is CCCOC(CO)C(C)O. The minimum absolute atomic E-state index is 0.113. The highest BCUT2D eigenvalue weighted by Crippen LogP contribution is 1.98. The van der Waals surface area contributed by atoms with Crippen LogP contribution in [0, 0.1) is 0 Å². The van der Waals surface area contributed by atoms with Crippen LogP contribution < -0.4 is 0 Å². The third kappa shape index (κ3) is 3.82. The van der Waals surface area contributed by atoms with Gasteiger partial charge < -0.3 is 14.9 Å². The monoisotopic (exact) mass is 148 g/mol. The fourth-order valence-electron chi connectivity index (χ4n) is 0.614. The largest absolute Gasteiger partial charge is 0.394 e. The van der Waals surface area contributed by atoms with Crippen LogP contribution in [0.5, 0.6) is 0 Å². The van der Waals surface area contributed by atoms with Gasteiger partial charge in [0.2, 0.25) is 0 Å². The van der Waals surface area contributed by atoms with Crippen molar-refractivity contribution in [3.8, 4) is 0 Å². The Kier molecular flexibility index (Phi) is 5.58. The predicted molar refractivity (Wildman–Crippen MR) is 38.8 cm³/mol. The Morgan fingerprint density at radius 3 is 2.40 bits per heavy atom. The van der Waals surface area contributed by atoms with E-state index in [0.29, 0.717) is 6.61 Å². The van der Waals surface area contributed by atoms with Gasteiger partial charge in [-0.1, -0.05) is 6.92 Å². The maximum absolute atomic E-state index is 8.95. The van der Waals surface area contributed by atoms with E-state index in [1.54, 1.807) is 6.92 Å². The van der Waals surface area contributed by atoms with Gasteiger partial charge >= 0.3 is 0 Å². The van der Waals surface area contributed by atoms with Gasteiger partial charge in [-0.05, 0) is 13.3 Å². The standard InChI is InChI=1S/C7H16O3/c1-3-4-10-7(5-8)6(2)9/h6-9H,3-5H2,1-2H3. The van der Waals surface area contributed by atoms with Crippen LogP contribution in [0.3, 0.4) is 0 Å². The van der Waals surface area contributed by atoms with Crippen molar-refractivity contribution in [1.29, 1.82) is 0 Å². The van der Waals surface area contributed by atoms with Crippen molar-refractivity contribution in [2.45, 2.75) is 32.5 Å². The number of hydrogen-bond acceptors (Lipinski definition) is 3. The number of aliphatic hydroxyl groups is 2. The molecule has 2 unspecified atom stereocenters. The fourth-order valence-corrected chi connectivity index (χ4v) is 0.614. The molecule has 0 aromatic heterocycles. The van der Waals surface area contributed by atoms with E-state index in [-0.39, 0.29) is 6.61 Å². The summed E-state index contributed by atoms with van der Waals surface area (Å²) >= 11 is 0. The van der Waals surface area contributed by atoms with Gasteiger partial charge in [-0.3, -0.25) is 0 Å². The van der Waals surface area contributed by atoms with Crippen LogP contribution in [0.1, 0.15) is 20.3 Å². The Bertz CT molecular complexity index is 73.3. The molecule has 0 aliphatic heterocycles. The fraction of sp³-hybridized carbons (Fsp3) is 1.00. The van der Waals surface area contributed by atoms with Crippen LogP contribution in [0.25, 0.3) is 0 Å². The third-order valence-electron chi connectivity index (χ3n) is 1.25. The second-order valence-electron chi connectivity index (χ2n) is 2.33. The molecule has 10 heavy (non-hydrogen) atoms. The van der Waals surface area contributed by atoms with E-state index in [4.69, 9.17) is 14.9 Å². The Labute approximate surface area is 61.6 Å². The molecule has 0 saturated heterocycles. The van der Waals surface area contributed by atoms with Crippen LogP contribution >= 0.6 is 0 Å². The summed E-state index contributed by atoms with van der Waals surface area (Å²) < 4.78 is 5.10. The molecule has 0 aromatic carbocycles. The molecular formula is C7H16O3. The van der Waals surface area contributed by atoms with E-state index in [1.807, 2.05) is 6.92 Å². The van der Waals surface area contributed by atoms with E-state index in [9.17, 15) is 0 Å². The van der Waals surface area contributed by atoms with Gasteiger partial charge in [-0.2, -0.15) is 0 Å². The first-order chi connectivity index (χ1) is 4.72. The lowest BCUT2D eigenvalue weighted by molar-refractivity contribution is -0.0557. The molecule has 0 aliphatic rings. The van der Waals surface area contributed by atoms with Crippen molar-refractivity contribution in [3.05, 3.63) is 0 Å². The van der Waals surface area contributed by atoms with Crippen LogP contribution in [0.2, 0.25) is 0 Å². The topological polar surface area (TPSA) is 49.7 Å². The van der Waals surface area contributed by atoms with E-state index in [0.717, 1.165) is 6.42 Å². The molecule has 0 aliphatic carbocycles. The second-order valence-corrected chi connectivity index (χ2v) is 2.33. The molecule has 0 amide bonds. The summed E-state index contributed by atoms with van der Waals surface area (Å²) in [7, 11) is 0. The zero-order chi connectivity index (χ0) is 7.98. The lowest BCUT2D eigenvalue weighted by Gasteiger charge is -2.17. The molecule has 0 aromatic rings. The first-order valence-corrected chi connectivity index (χ1v) is 3.62. The quantitative estimate of drug-likeness (QED) is 0.583. The summed E-state index contributed by atoms with van der Waals surface area (Å²) in [5.41, 5.74) is 0. The van der Waals surface area contributed by atoms with Crippen molar-refractivity contribution in [2.24, 2.45) is 0 Å². The van der Waals surface area contributed by atoms with Gasteiger partial charge in [-0.15, -0.1) is 0 Å². The van der Waals surface area contributed by atoms with Gasteiger partial charge in [0.15, 0.2) is 0 Å². The van der Waals surface area contributed by atoms with E-state index in [2.05, 4.69) is 0 Å². The number of rotatable bonds is 5. The van der Waals surface area contributed by atoms with Crippen molar-refractivity contribution >= 4 is 0 Å². The summed E-state index contributed by atoms with van der Waals surface area (Å²) in [6, 6.07) is 0. The molecule has 0 spiro atoms. The molecule has 0 heterocycles. The number of ether oxygens (including phenoxy) is 1. The van der Waals surface area contributed by atoms with Crippen molar-refractivity contribution in [2.75, 3.05) is 13.2 Å². The maximum Gasteiger partial charge on any atom is 0.106 e. The average molecular weight is 148 g/mol. The van der Waals surface area contributed by atoms with Crippen LogP contribution in [-0.4, -0.2) is 35.6 Å². The molecule has 3 nitrogen and oxygen atoms in total. The van der Waals surface area contributed by atoms with Gasteiger partial charge in [0.05, 0.1) is 12.7 Å². The maximum atomic E-state index is 8.95. The van der Waals surface area contributed by atoms with Gasteiger partial charge in [0.25, 0.3) is 0 Å². The summed E-state index contributed by atoms with van der Waals surface area (Å²) in [6.45, 7) is 4.07. The Hall–Kier alpha value is -0.120. The molecule has 0 bridgehead atoms. The minimum Gasteiger partial charge on any atom is -0.394 e. The molecule has 0 rings (SSSR count).